The standard InChI is InChI=1S/C15H24N2O2S/c1-13-6-5-10-17(12-13)11-9-16-14-7-3-4-8-15(14)20(2,18)19/h3-4,7-8,13,16H,5-6,9-12H2,1-2H3/t13-/m0/s1. The summed E-state index contributed by atoms with van der Waals surface area (Å²) in [6.45, 7) is 6.33. The highest BCUT2D eigenvalue weighted by molar-refractivity contribution is 7.90. The van der Waals surface area contributed by atoms with Gasteiger partial charge in [-0.3, -0.25) is 0 Å². The van der Waals surface area contributed by atoms with Crippen molar-refractivity contribution in [3.8, 4) is 0 Å². The van der Waals surface area contributed by atoms with Gasteiger partial charge in [-0.25, -0.2) is 8.42 Å². The fraction of sp³-hybridized carbons (Fsp3) is 0.600. The largest absolute Gasteiger partial charge is 0.383 e. The summed E-state index contributed by atoms with van der Waals surface area (Å²) < 4.78 is 23.4. The van der Waals surface area contributed by atoms with E-state index in [2.05, 4.69) is 17.1 Å². The predicted molar refractivity (Wildman–Crippen MR) is 82.9 cm³/mol. The lowest BCUT2D eigenvalue weighted by Gasteiger charge is -2.30. The SMILES string of the molecule is C[C@H]1CCCN(CCNc2ccccc2S(C)(=O)=O)C1. The van der Waals surface area contributed by atoms with Crippen molar-refractivity contribution in [2.75, 3.05) is 37.8 Å². The first-order valence-electron chi connectivity index (χ1n) is 7.22. The van der Waals surface area contributed by atoms with E-state index >= 15 is 0 Å². The zero-order valence-electron chi connectivity index (χ0n) is 12.3. The van der Waals surface area contributed by atoms with E-state index in [1.54, 1.807) is 12.1 Å². The van der Waals surface area contributed by atoms with Gasteiger partial charge in [-0.05, 0) is 37.4 Å². The molecule has 5 heteroatoms. The first-order chi connectivity index (χ1) is 9.47. The lowest BCUT2D eigenvalue weighted by molar-refractivity contribution is 0.190. The Balaban J connectivity index is 1.91. The molecule has 0 radical (unpaired) electrons. The van der Waals surface area contributed by atoms with Gasteiger partial charge in [-0.15, -0.1) is 0 Å². The van der Waals surface area contributed by atoms with Crippen molar-refractivity contribution in [1.82, 2.24) is 4.90 Å². The summed E-state index contributed by atoms with van der Waals surface area (Å²) in [6.07, 6.45) is 3.84. The molecule has 0 amide bonds. The van der Waals surface area contributed by atoms with E-state index < -0.39 is 9.84 Å². The summed E-state index contributed by atoms with van der Waals surface area (Å²) in [5.74, 6) is 0.770. The molecule has 1 atom stereocenters. The molecule has 0 bridgehead atoms. The summed E-state index contributed by atoms with van der Waals surface area (Å²) in [5.41, 5.74) is 0.708. The highest BCUT2D eigenvalue weighted by atomic mass is 32.2. The molecule has 0 saturated carbocycles. The average Bonchev–Trinajstić information content (AvgIpc) is 2.38. The van der Waals surface area contributed by atoms with Gasteiger partial charge in [0.1, 0.15) is 0 Å². The van der Waals surface area contributed by atoms with Crippen LogP contribution in [0.1, 0.15) is 19.8 Å². The lowest BCUT2D eigenvalue weighted by atomic mass is 10.0. The van der Waals surface area contributed by atoms with E-state index in [0.29, 0.717) is 10.6 Å². The van der Waals surface area contributed by atoms with Crippen LogP contribution >= 0.6 is 0 Å². The van der Waals surface area contributed by atoms with Gasteiger partial charge in [0.2, 0.25) is 0 Å². The zero-order valence-corrected chi connectivity index (χ0v) is 13.1. The molecule has 1 aliphatic rings. The fourth-order valence-corrected chi connectivity index (χ4v) is 3.64. The van der Waals surface area contributed by atoms with Crippen LogP contribution in [0.5, 0.6) is 0 Å². The van der Waals surface area contributed by atoms with Crippen LogP contribution in [-0.4, -0.2) is 45.8 Å². The Kier molecular flexibility index (Phi) is 5.05. The summed E-state index contributed by atoms with van der Waals surface area (Å²) in [6, 6.07) is 7.10. The van der Waals surface area contributed by atoms with E-state index in [4.69, 9.17) is 0 Å². The molecular weight excluding hydrogens is 272 g/mol. The van der Waals surface area contributed by atoms with Crippen molar-refractivity contribution in [2.45, 2.75) is 24.7 Å². The molecule has 1 aromatic rings. The number of para-hydroxylation sites is 1. The molecule has 0 aliphatic carbocycles. The van der Waals surface area contributed by atoms with Crippen LogP contribution in [0, 0.1) is 5.92 Å². The maximum absolute atomic E-state index is 11.7. The van der Waals surface area contributed by atoms with Gasteiger partial charge in [0, 0.05) is 25.9 Å². The van der Waals surface area contributed by atoms with Crippen molar-refractivity contribution in [3.05, 3.63) is 24.3 Å². The first kappa shape index (κ1) is 15.3. The summed E-state index contributed by atoms with van der Waals surface area (Å²) in [7, 11) is -3.17. The Hall–Kier alpha value is -1.07. The topological polar surface area (TPSA) is 49.4 Å². The molecule has 4 nitrogen and oxygen atoms in total. The number of nitrogens with zero attached hydrogens (tertiary/aromatic N) is 1. The Labute approximate surface area is 122 Å². The average molecular weight is 296 g/mol. The number of likely N-dealkylation sites (tertiary alicyclic amines) is 1. The molecule has 1 aromatic carbocycles. The second-order valence-electron chi connectivity index (χ2n) is 5.74. The summed E-state index contributed by atoms with van der Waals surface area (Å²) in [4.78, 5) is 2.83. The van der Waals surface area contributed by atoms with Crippen LogP contribution < -0.4 is 5.32 Å². The van der Waals surface area contributed by atoms with Crippen LogP contribution in [0.25, 0.3) is 0 Å². The maximum Gasteiger partial charge on any atom is 0.177 e. The molecular formula is C15H24N2O2S. The minimum Gasteiger partial charge on any atom is -0.383 e. The monoisotopic (exact) mass is 296 g/mol. The van der Waals surface area contributed by atoms with E-state index in [9.17, 15) is 8.42 Å². The number of anilines is 1. The third-order valence-corrected chi connectivity index (χ3v) is 4.93. The van der Waals surface area contributed by atoms with Gasteiger partial charge in [0.15, 0.2) is 9.84 Å². The maximum atomic E-state index is 11.7. The van der Waals surface area contributed by atoms with Gasteiger partial charge in [0.05, 0.1) is 10.6 Å². The lowest BCUT2D eigenvalue weighted by Crippen LogP contribution is -2.37. The number of benzene rings is 1. The van der Waals surface area contributed by atoms with Crippen molar-refractivity contribution in [1.29, 1.82) is 0 Å². The van der Waals surface area contributed by atoms with Gasteiger partial charge in [0.25, 0.3) is 0 Å². The van der Waals surface area contributed by atoms with Gasteiger partial charge in [-0.2, -0.15) is 0 Å². The molecule has 1 heterocycles. The Bertz CT molecular complexity index is 543. The molecule has 1 N–H and O–H groups in total. The smallest absolute Gasteiger partial charge is 0.177 e. The number of nitrogens with one attached hydrogen (secondary N) is 1. The summed E-state index contributed by atoms with van der Waals surface area (Å²) in [5, 5.41) is 3.26. The number of hydrogen-bond donors (Lipinski definition) is 1. The minimum absolute atomic E-state index is 0.381. The minimum atomic E-state index is -3.17. The van der Waals surface area contributed by atoms with Crippen molar-refractivity contribution in [3.63, 3.8) is 0 Å². The zero-order chi connectivity index (χ0) is 14.6. The van der Waals surface area contributed by atoms with E-state index in [-0.39, 0.29) is 0 Å². The number of piperidine rings is 1. The first-order valence-corrected chi connectivity index (χ1v) is 9.11. The van der Waals surface area contributed by atoms with Crippen molar-refractivity contribution < 1.29 is 8.42 Å². The van der Waals surface area contributed by atoms with Crippen LogP contribution in [0.4, 0.5) is 5.69 Å². The Morgan fingerprint density at radius 1 is 1.35 bits per heavy atom. The highest BCUT2D eigenvalue weighted by Crippen LogP contribution is 2.20. The molecule has 1 fully saturated rings. The Morgan fingerprint density at radius 3 is 2.80 bits per heavy atom. The quantitative estimate of drug-likeness (QED) is 0.905. The Morgan fingerprint density at radius 2 is 2.10 bits per heavy atom. The number of rotatable bonds is 5. The van der Waals surface area contributed by atoms with E-state index in [1.165, 1.54) is 19.1 Å². The van der Waals surface area contributed by atoms with Crippen molar-refractivity contribution >= 4 is 15.5 Å². The van der Waals surface area contributed by atoms with Crippen molar-refractivity contribution in [2.24, 2.45) is 5.92 Å². The molecule has 112 valence electrons. The van der Waals surface area contributed by atoms with Gasteiger partial charge in [-0.1, -0.05) is 19.1 Å². The van der Waals surface area contributed by atoms with Gasteiger partial charge >= 0.3 is 0 Å². The highest BCUT2D eigenvalue weighted by Gasteiger charge is 2.16. The normalized spacial score (nSPS) is 20.8. The molecule has 2 rings (SSSR count). The van der Waals surface area contributed by atoms with E-state index in [0.717, 1.165) is 32.1 Å². The molecule has 1 aliphatic heterocycles. The molecule has 0 spiro atoms. The second kappa shape index (κ2) is 6.59. The van der Waals surface area contributed by atoms with Gasteiger partial charge < -0.3 is 10.2 Å². The molecule has 0 aromatic heterocycles. The second-order valence-corrected chi connectivity index (χ2v) is 7.73. The number of hydrogen-bond acceptors (Lipinski definition) is 4. The van der Waals surface area contributed by atoms with Crippen LogP contribution in [0.3, 0.4) is 0 Å². The molecule has 0 unspecified atom stereocenters. The van der Waals surface area contributed by atoms with Crippen LogP contribution in [-0.2, 0) is 9.84 Å². The van der Waals surface area contributed by atoms with E-state index in [1.807, 2.05) is 12.1 Å². The summed E-state index contributed by atoms with van der Waals surface area (Å²) >= 11 is 0. The fourth-order valence-electron chi connectivity index (χ4n) is 2.77. The predicted octanol–water partition coefficient (Wildman–Crippen LogP) is 2.23. The molecule has 20 heavy (non-hydrogen) atoms. The molecule has 1 saturated heterocycles. The van der Waals surface area contributed by atoms with Crippen LogP contribution in [0.15, 0.2) is 29.2 Å². The third kappa shape index (κ3) is 4.21. The van der Waals surface area contributed by atoms with Crippen LogP contribution in [0.2, 0.25) is 0 Å². The third-order valence-electron chi connectivity index (χ3n) is 3.77. The number of sulfone groups is 1.